The molecule has 4 nitrogen and oxygen atoms in total. The highest BCUT2D eigenvalue weighted by atomic mass is 35.5. The average molecular weight is 470 g/mol. The summed E-state index contributed by atoms with van der Waals surface area (Å²) in [6.07, 6.45) is 1.37. The molecule has 1 N–H and O–H groups in total. The normalized spacial score (nSPS) is 12.9. The van der Waals surface area contributed by atoms with E-state index in [1.807, 2.05) is 39.0 Å². The van der Waals surface area contributed by atoms with E-state index in [4.69, 9.17) is 34.8 Å². The van der Waals surface area contributed by atoms with Gasteiger partial charge in [0.15, 0.2) is 0 Å². The van der Waals surface area contributed by atoms with Crippen molar-refractivity contribution in [3.8, 4) is 0 Å². The molecule has 2 aromatic carbocycles. The molecule has 0 heterocycles. The van der Waals surface area contributed by atoms with Crippen molar-refractivity contribution in [2.45, 2.75) is 58.7 Å². The second kappa shape index (κ2) is 11.6. The standard InChI is InChI=1S/C23H27Cl3N2O2/c1-4-15(3)27-23(30)21(5-2)28(14-17-10-11-18(24)13-20(17)26)22(29)12-16-8-6-7-9-19(16)25/h6-11,13,15,21H,4-5,12,14H2,1-3H3,(H,27,30)/t15-,21-/m1/s1. The van der Waals surface area contributed by atoms with Crippen molar-refractivity contribution in [2.75, 3.05) is 0 Å². The number of carbonyl (C=O) groups is 2. The second-order valence-corrected chi connectivity index (χ2v) is 8.52. The monoisotopic (exact) mass is 468 g/mol. The van der Waals surface area contributed by atoms with Crippen molar-refractivity contribution in [2.24, 2.45) is 0 Å². The van der Waals surface area contributed by atoms with Crippen LogP contribution in [0.1, 0.15) is 44.7 Å². The minimum absolute atomic E-state index is 0.0196. The molecule has 0 bridgehead atoms. The van der Waals surface area contributed by atoms with Crippen LogP contribution in [0.2, 0.25) is 15.1 Å². The second-order valence-electron chi connectivity index (χ2n) is 7.27. The summed E-state index contributed by atoms with van der Waals surface area (Å²) in [5.74, 6) is -0.371. The Labute approximate surface area is 193 Å². The van der Waals surface area contributed by atoms with Crippen LogP contribution in [0.3, 0.4) is 0 Å². The Morgan fingerprint density at radius 1 is 0.967 bits per heavy atom. The Morgan fingerprint density at radius 2 is 1.67 bits per heavy atom. The van der Waals surface area contributed by atoms with Crippen molar-refractivity contribution in [1.29, 1.82) is 0 Å². The quantitative estimate of drug-likeness (QED) is 0.496. The fourth-order valence-electron chi connectivity index (χ4n) is 3.10. The number of benzene rings is 2. The highest BCUT2D eigenvalue weighted by Gasteiger charge is 2.30. The van der Waals surface area contributed by atoms with Crippen LogP contribution >= 0.6 is 34.8 Å². The summed E-state index contributed by atoms with van der Waals surface area (Å²) in [4.78, 5) is 27.9. The first-order valence-electron chi connectivity index (χ1n) is 10.0. The Morgan fingerprint density at radius 3 is 2.27 bits per heavy atom. The summed E-state index contributed by atoms with van der Waals surface area (Å²) in [5, 5.41) is 4.48. The molecule has 2 atom stereocenters. The number of nitrogens with zero attached hydrogens (tertiary/aromatic N) is 1. The lowest BCUT2D eigenvalue weighted by Crippen LogP contribution is -2.51. The number of rotatable bonds is 9. The lowest BCUT2D eigenvalue weighted by molar-refractivity contribution is -0.141. The molecule has 0 radical (unpaired) electrons. The zero-order chi connectivity index (χ0) is 22.3. The number of carbonyl (C=O) groups excluding carboxylic acids is 2. The van der Waals surface area contributed by atoms with Crippen LogP contribution in [0, 0.1) is 0 Å². The predicted molar refractivity (Wildman–Crippen MR) is 124 cm³/mol. The van der Waals surface area contributed by atoms with E-state index in [2.05, 4.69) is 5.32 Å². The summed E-state index contributed by atoms with van der Waals surface area (Å²) in [5.41, 5.74) is 1.44. The summed E-state index contributed by atoms with van der Waals surface area (Å²) in [6, 6.07) is 11.7. The van der Waals surface area contributed by atoms with E-state index in [9.17, 15) is 9.59 Å². The molecule has 0 aliphatic carbocycles. The first-order valence-corrected chi connectivity index (χ1v) is 11.2. The molecule has 0 unspecified atom stereocenters. The van der Waals surface area contributed by atoms with E-state index in [0.717, 1.165) is 12.0 Å². The first-order chi connectivity index (χ1) is 14.3. The summed E-state index contributed by atoms with van der Waals surface area (Å²) >= 11 is 18.6. The third kappa shape index (κ3) is 6.63. The molecule has 0 aliphatic heterocycles. The van der Waals surface area contributed by atoms with Gasteiger partial charge in [0.1, 0.15) is 6.04 Å². The van der Waals surface area contributed by atoms with Gasteiger partial charge in [0.05, 0.1) is 6.42 Å². The number of nitrogens with one attached hydrogen (secondary N) is 1. The van der Waals surface area contributed by atoms with Crippen LogP contribution in [-0.2, 0) is 22.6 Å². The number of amides is 2. The molecule has 2 rings (SSSR count). The summed E-state index contributed by atoms with van der Waals surface area (Å²) < 4.78 is 0. The topological polar surface area (TPSA) is 49.4 Å². The van der Waals surface area contributed by atoms with E-state index >= 15 is 0 Å². The molecular formula is C23H27Cl3N2O2. The van der Waals surface area contributed by atoms with Gasteiger partial charge in [-0.25, -0.2) is 0 Å². The van der Waals surface area contributed by atoms with E-state index in [1.165, 1.54) is 0 Å². The van der Waals surface area contributed by atoms with E-state index in [1.54, 1.807) is 29.2 Å². The highest BCUT2D eigenvalue weighted by Crippen LogP contribution is 2.25. The van der Waals surface area contributed by atoms with Gasteiger partial charge in [-0.15, -0.1) is 0 Å². The molecule has 162 valence electrons. The van der Waals surface area contributed by atoms with Crippen molar-refractivity contribution in [1.82, 2.24) is 10.2 Å². The van der Waals surface area contributed by atoms with Gasteiger partial charge in [-0.2, -0.15) is 0 Å². The molecule has 30 heavy (non-hydrogen) atoms. The first kappa shape index (κ1) is 24.5. The van der Waals surface area contributed by atoms with Crippen LogP contribution < -0.4 is 5.32 Å². The van der Waals surface area contributed by atoms with Crippen molar-refractivity contribution in [3.63, 3.8) is 0 Å². The van der Waals surface area contributed by atoms with E-state index in [0.29, 0.717) is 27.1 Å². The molecule has 0 aromatic heterocycles. The fraction of sp³-hybridized carbons (Fsp3) is 0.391. The molecule has 0 saturated heterocycles. The van der Waals surface area contributed by atoms with Crippen LogP contribution in [-0.4, -0.2) is 28.8 Å². The molecule has 0 saturated carbocycles. The Hall–Kier alpha value is -1.75. The van der Waals surface area contributed by atoms with Crippen LogP contribution in [0.15, 0.2) is 42.5 Å². The van der Waals surface area contributed by atoms with Crippen molar-refractivity contribution >= 4 is 46.6 Å². The van der Waals surface area contributed by atoms with E-state index in [-0.39, 0.29) is 30.8 Å². The third-order valence-electron chi connectivity index (χ3n) is 5.04. The molecule has 2 aromatic rings. The maximum atomic E-state index is 13.3. The van der Waals surface area contributed by atoms with Gasteiger partial charge in [-0.05, 0) is 49.1 Å². The zero-order valence-electron chi connectivity index (χ0n) is 17.4. The molecular weight excluding hydrogens is 443 g/mol. The van der Waals surface area contributed by atoms with Gasteiger partial charge in [-0.1, -0.05) is 72.9 Å². The third-order valence-corrected chi connectivity index (χ3v) is 6.00. The van der Waals surface area contributed by atoms with Crippen LogP contribution in [0.25, 0.3) is 0 Å². The molecule has 7 heteroatoms. The maximum absolute atomic E-state index is 13.3. The molecule has 0 fully saturated rings. The smallest absolute Gasteiger partial charge is 0.243 e. The van der Waals surface area contributed by atoms with Crippen LogP contribution in [0.5, 0.6) is 0 Å². The lowest BCUT2D eigenvalue weighted by atomic mass is 10.1. The average Bonchev–Trinajstić information content (AvgIpc) is 2.70. The number of hydrogen-bond donors (Lipinski definition) is 1. The minimum atomic E-state index is -0.624. The Kier molecular flexibility index (Phi) is 9.47. The SMILES string of the molecule is CC[C@@H](C)NC(=O)[C@@H](CC)N(Cc1ccc(Cl)cc1Cl)C(=O)Cc1ccccc1Cl. The van der Waals surface area contributed by atoms with Gasteiger partial charge in [0, 0.05) is 27.7 Å². The molecule has 0 aliphatic rings. The fourth-order valence-corrected chi connectivity index (χ4v) is 3.77. The summed E-state index contributed by atoms with van der Waals surface area (Å²) in [7, 11) is 0. The minimum Gasteiger partial charge on any atom is -0.352 e. The predicted octanol–water partition coefficient (Wildman–Crippen LogP) is 5.91. The van der Waals surface area contributed by atoms with Gasteiger partial charge >= 0.3 is 0 Å². The van der Waals surface area contributed by atoms with Gasteiger partial charge in [0.2, 0.25) is 11.8 Å². The Balaban J connectivity index is 2.35. The number of hydrogen-bond acceptors (Lipinski definition) is 2. The van der Waals surface area contributed by atoms with Crippen molar-refractivity contribution in [3.05, 3.63) is 68.7 Å². The zero-order valence-corrected chi connectivity index (χ0v) is 19.7. The van der Waals surface area contributed by atoms with Gasteiger partial charge in [-0.3, -0.25) is 9.59 Å². The largest absolute Gasteiger partial charge is 0.352 e. The van der Waals surface area contributed by atoms with Crippen molar-refractivity contribution < 1.29 is 9.59 Å². The van der Waals surface area contributed by atoms with E-state index < -0.39 is 6.04 Å². The number of halogens is 3. The Bertz CT molecular complexity index is 889. The molecule has 0 spiro atoms. The summed E-state index contributed by atoms with van der Waals surface area (Å²) in [6.45, 7) is 6.03. The highest BCUT2D eigenvalue weighted by molar-refractivity contribution is 6.35. The lowest BCUT2D eigenvalue weighted by Gasteiger charge is -2.32. The van der Waals surface area contributed by atoms with Gasteiger partial charge in [0.25, 0.3) is 0 Å². The van der Waals surface area contributed by atoms with Gasteiger partial charge < -0.3 is 10.2 Å². The molecule has 2 amide bonds. The maximum Gasteiger partial charge on any atom is 0.243 e. The van der Waals surface area contributed by atoms with Crippen LogP contribution in [0.4, 0.5) is 0 Å².